The second-order valence-corrected chi connectivity index (χ2v) is 5.70. The molecule has 1 heterocycles. The molecule has 0 aliphatic carbocycles. The van der Waals surface area contributed by atoms with Gasteiger partial charge in [-0.3, -0.25) is 4.79 Å². The number of nitrogens with one attached hydrogen (secondary N) is 1. The molecular weight excluding hydrogens is 306 g/mol. The van der Waals surface area contributed by atoms with Gasteiger partial charge in [-0.15, -0.1) is 11.8 Å². The van der Waals surface area contributed by atoms with E-state index in [1.54, 1.807) is 36.5 Å². The van der Waals surface area contributed by atoms with E-state index >= 15 is 0 Å². The number of carbonyl (C=O) groups excluding carboxylic acids is 1. The van der Waals surface area contributed by atoms with E-state index in [2.05, 4.69) is 10.3 Å². The summed E-state index contributed by atoms with van der Waals surface area (Å²) in [5.41, 5.74) is 1.26. The molecule has 2 rings (SSSR count). The van der Waals surface area contributed by atoms with Crippen molar-refractivity contribution in [1.29, 1.82) is 5.26 Å². The average Bonchev–Trinajstić information content (AvgIpc) is 2.50. The zero-order valence-corrected chi connectivity index (χ0v) is 12.6. The molecule has 1 N–H and O–H groups in total. The lowest BCUT2D eigenvalue weighted by molar-refractivity contribution is -0.115. The fourth-order valence-electron chi connectivity index (χ4n) is 1.55. The SMILES string of the molecule is N#Cc1ccc(NC(=O)CCSc2ccc(Cl)cn2)cc1. The van der Waals surface area contributed by atoms with Crippen LogP contribution in [0.1, 0.15) is 12.0 Å². The van der Waals surface area contributed by atoms with Crippen LogP contribution in [0.2, 0.25) is 5.02 Å². The Morgan fingerprint density at radius 3 is 2.67 bits per heavy atom. The number of aromatic nitrogens is 1. The monoisotopic (exact) mass is 317 g/mol. The molecule has 0 saturated carbocycles. The Bertz CT molecular complexity index is 650. The van der Waals surface area contributed by atoms with Crippen molar-refractivity contribution in [2.24, 2.45) is 0 Å². The Morgan fingerprint density at radius 2 is 2.05 bits per heavy atom. The number of amides is 1. The molecule has 0 saturated heterocycles. The number of carbonyl (C=O) groups is 1. The fraction of sp³-hybridized carbons (Fsp3) is 0.133. The third-order valence-corrected chi connectivity index (χ3v) is 3.75. The minimum Gasteiger partial charge on any atom is -0.326 e. The van der Waals surface area contributed by atoms with Crippen molar-refractivity contribution in [3.8, 4) is 6.07 Å². The predicted octanol–water partition coefficient (Wildman–Crippen LogP) is 3.73. The zero-order valence-electron chi connectivity index (χ0n) is 11.0. The smallest absolute Gasteiger partial charge is 0.225 e. The van der Waals surface area contributed by atoms with Gasteiger partial charge in [0.05, 0.1) is 21.7 Å². The van der Waals surface area contributed by atoms with Gasteiger partial charge in [0, 0.05) is 24.1 Å². The molecule has 0 unspecified atom stereocenters. The van der Waals surface area contributed by atoms with Gasteiger partial charge in [0.1, 0.15) is 0 Å². The number of benzene rings is 1. The van der Waals surface area contributed by atoms with Crippen molar-refractivity contribution < 1.29 is 4.79 Å². The number of anilines is 1. The second kappa shape index (κ2) is 7.67. The van der Waals surface area contributed by atoms with Gasteiger partial charge >= 0.3 is 0 Å². The molecule has 1 aromatic heterocycles. The molecule has 21 heavy (non-hydrogen) atoms. The van der Waals surface area contributed by atoms with Crippen LogP contribution in [-0.4, -0.2) is 16.6 Å². The van der Waals surface area contributed by atoms with Gasteiger partial charge in [-0.25, -0.2) is 4.98 Å². The first-order chi connectivity index (χ1) is 10.2. The number of halogens is 1. The fourth-order valence-corrected chi connectivity index (χ4v) is 2.45. The van der Waals surface area contributed by atoms with Crippen LogP contribution >= 0.6 is 23.4 Å². The Hall–Kier alpha value is -2.03. The van der Waals surface area contributed by atoms with Crippen LogP contribution in [0, 0.1) is 11.3 Å². The van der Waals surface area contributed by atoms with Gasteiger partial charge in [0.2, 0.25) is 5.91 Å². The topological polar surface area (TPSA) is 65.8 Å². The zero-order chi connectivity index (χ0) is 15.1. The van der Waals surface area contributed by atoms with Crippen LogP contribution in [0.3, 0.4) is 0 Å². The average molecular weight is 318 g/mol. The molecule has 0 atom stereocenters. The first-order valence-electron chi connectivity index (χ1n) is 6.22. The van der Waals surface area contributed by atoms with Gasteiger partial charge in [-0.05, 0) is 36.4 Å². The first-order valence-corrected chi connectivity index (χ1v) is 7.58. The normalized spacial score (nSPS) is 9.90. The summed E-state index contributed by atoms with van der Waals surface area (Å²) < 4.78 is 0. The third-order valence-electron chi connectivity index (χ3n) is 2.58. The van der Waals surface area contributed by atoms with E-state index in [9.17, 15) is 4.79 Å². The highest BCUT2D eigenvalue weighted by Gasteiger charge is 2.04. The molecule has 4 nitrogen and oxygen atoms in total. The summed E-state index contributed by atoms with van der Waals surface area (Å²) in [6.45, 7) is 0. The molecule has 0 radical (unpaired) electrons. The maximum Gasteiger partial charge on any atom is 0.225 e. The highest BCUT2D eigenvalue weighted by Crippen LogP contribution is 2.18. The van der Waals surface area contributed by atoms with E-state index in [1.165, 1.54) is 11.8 Å². The summed E-state index contributed by atoms with van der Waals surface area (Å²) >= 11 is 7.25. The Kier molecular flexibility index (Phi) is 5.61. The minimum absolute atomic E-state index is 0.0684. The molecule has 106 valence electrons. The van der Waals surface area contributed by atoms with Crippen molar-refractivity contribution in [3.05, 3.63) is 53.2 Å². The van der Waals surface area contributed by atoms with Gasteiger partial charge in [0.15, 0.2) is 0 Å². The lowest BCUT2D eigenvalue weighted by Crippen LogP contribution is -2.12. The van der Waals surface area contributed by atoms with E-state index in [-0.39, 0.29) is 5.91 Å². The molecular formula is C15H12ClN3OS. The molecule has 0 bridgehead atoms. The number of nitriles is 1. The molecule has 6 heteroatoms. The van der Waals surface area contributed by atoms with Gasteiger partial charge < -0.3 is 5.32 Å². The van der Waals surface area contributed by atoms with Crippen molar-refractivity contribution >= 4 is 35.0 Å². The number of nitrogens with zero attached hydrogens (tertiary/aromatic N) is 2. The van der Waals surface area contributed by atoms with Crippen molar-refractivity contribution in [2.75, 3.05) is 11.1 Å². The van der Waals surface area contributed by atoms with E-state index in [0.29, 0.717) is 28.4 Å². The molecule has 0 fully saturated rings. The minimum atomic E-state index is -0.0684. The maximum atomic E-state index is 11.8. The van der Waals surface area contributed by atoms with E-state index < -0.39 is 0 Å². The highest BCUT2D eigenvalue weighted by molar-refractivity contribution is 7.99. The number of hydrogen-bond donors (Lipinski definition) is 1. The van der Waals surface area contributed by atoms with E-state index in [0.717, 1.165) is 5.03 Å². The Morgan fingerprint density at radius 1 is 1.29 bits per heavy atom. The molecule has 1 aromatic carbocycles. The van der Waals surface area contributed by atoms with Crippen molar-refractivity contribution in [1.82, 2.24) is 4.98 Å². The van der Waals surface area contributed by atoms with Crippen LogP contribution in [0.4, 0.5) is 5.69 Å². The van der Waals surface area contributed by atoms with Crippen LogP contribution in [0.25, 0.3) is 0 Å². The Balaban J connectivity index is 1.76. The lowest BCUT2D eigenvalue weighted by Gasteiger charge is -2.05. The van der Waals surface area contributed by atoms with Crippen molar-refractivity contribution in [3.63, 3.8) is 0 Å². The standard InChI is InChI=1S/C15H12ClN3OS/c16-12-3-6-15(18-10-12)21-8-7-14(20)19-13-4-1-11(9-17)2-5-13/h1-6,10H,7-8H2,(H,19,20). The molecule has 0 aliphatic rings. The van der Waals surface area contributed by atoms with Gasteiger partial charge in [-0.1, -0.05) is 11.6 Å². The van der Waals surface area contributed by atoms with Crippen LogP contribution in [-0.2, 0) is 4.79 Å². The van der Waals surface area contributed by atoms with Crippen LogP contribution in [0.15, 0.2) is 47.6 Å². The third kappa shape index (κ3) is 5.10. The molecule has 0 spiro atoms. The number of rotatable bonds is 5. The summed E-state index contributed by atoms with van der Waals surface area (Å²) in [7, 11) is 0. The van der Waals surface area contributed by atoms with Crippen LogP contribution in [0.5, 0.6) is 0 Å². The Labute approximate surface area is 132 Å². The summed E-state index contributed by atoms with van der Waals surface area (Å²) in [4.78, 5) is 15.9. The van der Waals surface area contributed by atoms with E-state index in [1.807, 2.05) is 12.1 Å². The number of hydrogen-bond acceptors (Lipinski definition) is 4. The van der Waals surface area contributed by atoms with Gasteiger partial charge in [-0.2, -0.15) is 5.26 Å². The quantitative estimate of drug-likeness (QED) is 0.853. The number of pyridine rings is 1. The second-order valence-electron chi connectivity index (χ2n) is 4.15. The van der Waals surface area contributed by atoms with Gasteiger partial charge in [0.25, 0.3) is 0 Å². The molecule has 1 amide bonds. The molecule has 0 aliphatic heterocycles. The molecule has 2 aromatic rings. The number of thioether (sulfide) groups is 1. The van der Waals surface area contributed by atoms with Crippen molar-refractivity contribution in [2.45, 2.75) is 11.4 Å². The highest BCUT2D eigenvalue weighted by atomic mass is 35.5. The maximum absolute atomic E-state index is 11.8. The largest absolute Gasteiger partial charge is 0.326 e. The first kappa shape index (κ1) is 15.4. The lowest BCUT2D eigenvalue weighted by atomic mass is 10.2. The summed E-state index contributed by atoms with van der Waals surface area (Å²) in [6, 6.07) is 12.4. The summed E-state index contributed by atoms with van der Waals surface area (Å²) in [5.74, 6) is 0.567. The summed E-state index contributed by atoms with van der Waals surface area (Å²) in [5, 5.41) is 12.9. The van der Waals surface area contributed by atoms with Crippen LogP contribution < -0.4 is 5.32 Å². The summed E-state index contributed by atoms with van der Waals surface area (Å²) in [6.07, 6.45) is 1.97. The predicted molar refractivity (Wildman–Crippen MR) is 84.4 cm³/mol. The van der Waals surface area contributed by atoms with E-state index in [4.69, 9.17) is 16.9 Å².